The van der Waals surface area contributed by atoms with Crippen LogP contribution in [0.15, 0.2) is 69.7 Å². The highest BCUT2D eigenvalue weighted by atomic mass is 32.1. The molecule has 1 unspecified atom stereocenters. The van der Waals surface area contributed by atoms with Crippen LogP contribution >= 0.6 is 11.5 Å². The highest BCUT2D eigenvalue weighted by Crippen LogP contribution is 2.55. The van der Waals surface area contributed by atoms with Crippen LogP contribution < -0.4 is 9.80 Å². The van der Waals surface area contributed by atoms with Gasteiger partial charge in [0.25, 0.3) is 11.6 Å². The fourth-order valence-electron chi connectivity index (χ4n) is 4.31. The molecule has 35 heavy (non-hydrogen) atoms. The van der Waals surface area contributed by atoms with Crippen molar-refractivity contribution in [1.29, 1.82) is 0 Å². The van der Waals surface area contributed by atoms with E-state index in [1.54, 1.807) is 18.5 Å². The number of oxazole rings is 1. The summed E-state index contributed by atoms with van der Waals surface area (Å²) < 4.78 is 15.9. The summed E-state index contributed by atoms with van der Waals surface area (Å²) in [6, 6.07) is 7.38. The number of nitrogens with zero attached hydrogens (tertiary/aromatic N) is 10. The molecule has 1 aliphatic heterocycles. The summed E-state index contributed by atoms with van der Waals surface area (Å²) in [7, 11) is 0. The third kappa shape index (κ3) is 2.64. The number of rotatable bonds is 6. The fraction of sp³-hybridized carbons (Fsp3) is 0.0526. The van der Waals surface area contributed by atoms with E-state index >= 15 is 0 Å². The van der Waals surface area contributed by atoms with Crippen molar-refractivity contribution in [2.45, 2.75) is 5.66 Å². The van der Waals surface area contributed by atoms with E-state index in [1.807, 2.05) is 39.6 Å². The number of hydrogen-bond acceptors (Lipinski definition) is 13. The molecule has 7 heterocycles. The molecule has 1 atom stereocenters. The van der Waals surface area contributed by atoms with E-state index in [2.05, 4.69) is 55.5 Å². The molecule has 0 aromatic carbocycles. The SMILES string of the molecule is c1c[nH]c(C2=C(c3cn[nH]n3)N(c3ccsn3)C(c3nn[nH]n3)(c3ncco3)N2c2ccon2)c1. The van der Waals surface area contributed by atoms with Crippen molar-refractivity contribution in [1.82, 2.24) is 55.5 Å². The first kappa shape index (κ1) is 19.4. The van der Waals surface area contributed by atoms with Crippen molar-refractivity contribution < 1.29 is 8.94 Å². The van der Waals surface area contributed by atoms with Crippen molar-refractivity contribution in [3.63, 3.8) is 0 Å². The Morgan fingerprint density at radius 2 is 1.97 bits per heavy atom. The molecule has 0 bridgehead atoms. The molecule has 0 aliphatic carbocycles. The van der Waals surface area contributed by atoms with Crippen LogP contribution in [-0.4, -0.2) is 55.5 Å². The number of tetrazole rings is 1. The molecule has 3 N–H and O–H groups in total. The second-order valence-corrected chi connectivity index (χ2v) is 7.93. The summed E-state index contributed by atoms with van der Waals surface area (Å²) in [6.45, 7) is 0. The van der Waals surface area contributed by atoms with Gasteiger partial charge in [-0.3, -0.25) is 9.80 Å². The highest BCUT2D eigenvalue weighted by Gasteiger charge is 2.63. The molecule has 15 nitrogen and oxygen atoms in total. The first-order valence-corrected chi connectivity index (χ1v) is 11.0. The van der Waals surface area contributed by atoms with Gasteiger partial charge >= 0.3 is 0 Å². The summed E-state index contributed by atoms with van der Waals surface area (Å²) in [6.07, 6.45) is 7.91. The Bertz CT molecular complexity index is 1420. The second kappa shape index (κ2) is 7.45. The van der Waals surface area contributed by atoms with Crippen LogP contribution in [-0.2, 0) is 5.66 Å². The van der Waals surface area contributed by atoms with E-state index < -0.39 is 5.66 Å². The van der Waals surface area contributed by atoms with Gasteiger partial charge in [0.1, 0.15) is 29.7 Å². The quantitative estimate of drug-likeness (QED) is 0.310. The van der Waals surface area contributed by atoms with Crippen molar-refractivity contribution in [2.75, 3.05) is 9.80 Å². The zero-order chi connectivity index (χ0) is 23.2. The Kier molecular flexibility index (Phi) is 4.12. The smallest absolute Gasteiger partial charge is 0.268 e. The summed E-state index contributed by atoms with van der Waals surface area (Å²) in [4.78, 5) is 11.6. The monoisotopic (exact) mass is 487 g/mol. The van der Waals surface area contributed by atoms with E-state index in [-0.39, 0.29) is 11.7 Å². The maximum absolute atomic E-state index is 5.95. The van der Waals surface area contributed by atoms with Gasteiger partial charge in [-0.1, -0.05) is 5.16 Å². The van der Waals surface area contributed by atoms with E-state index in [1.165, 1.54) is 24.1 Å². The largest absolute Gasteiger partial charge is 0.445 e. The maximum Gasteiger partial charge on any atom is 0.268 e. The molecule has 0 radical (unpaired) electrons. The minimum absolute atomic E-state index is 0.221. The average molecular weight is 487 g/mol. The van der Waals surface area contributed by atoms with Gasteiger partial charge in [-0.2, -0.15) is 25.0 Å². The van der Waals surface area contributed by atoms with E-state index in [0.717, 1.165) is 5.69 Å². The molecule has 7 rings (SSSR count). The Hall–Kier alpha value is -5.12. The van der Waals surface area contributed by atoms with Gasteiger partial charge in [0, 0.05) is 17.6 Å². The second-order valence-electron chi connectivity index (χ2n) is 7.27. The van der Waals surface area contributed by atoms with Crippen molar-refractivity contribution >= 4 is 34.6 Å². The summed E-state index contributed by atoms with van der Waals surface area (Å²) >= 11 is 1.28. The van der Waals surface area contributed by atoms with Crippen LogP contribution in [0.3, 0.4) is 0 Å². The standard InChI is InChI=1S/C19H13N13O2S/c1-2-11(20-5-1)15-16(12-10-22-28-23-12)32(14-4-9-35-27-14)19(17-24-29-30-25-17,18-21-6-8-33-18)31(15)13-3-7-34-26-13/h1-10,20H,(H,22,23,28)(H,24,25,29,30). The van der Waals surface area contributed by atoms with Gasteiger partial charge in [-0.05, 0) is 34.9 Å². The van der Waals surface area contributed by atoms with E-state index in [4.69, 9.17) is 8.94 Å². The molecular formula is C19H13N13O2S. The minimum Gasteiger partial charge on any atom is -0.445 e. The Balaban J connectivity index is 1.67. The van der Waals surface area contributed by atoms with Crippen molar-refractivity contribution in [3.8, 4) is 0 Å². The highest BCUT2D eigenvalue weighted by molar-refractivity contribution is 7.03. The molecule has 6 aromatic heterocycles. The van der Waals surface area contributed by atoms with Crippen molar-refractivity contribution in [2.24, 2.45) is 0 Å². The molecule has 0 amide bonds. The zero-order valence-electron chi connectivity index (χ0n) is 17.5. The molecule has 1 aliphatic rings. The molecule has 0 saturated heterocycles. The number of aromatic amines is 3. The molecule has 0 spiro atoms. The molecule has 0 fully saturated rings. The van der Waals surface area contributed by atoms with Crippen LogP contribution in [0.5, 0.6) is 0 Å². The summed E-state index contributed by atoms with van der Waals surface area (Å²) in [5, 5.41) is 32.4. The van der Waals surface area contributed by atoms with Crippen LogP contribution in [0.2, 0.25) is 0 Å². The molecule has 16 heteroatoms. The van der Waals surface area contributed by atoms with Gasteiger partial charge in [-0.15, -0.1) is 10.2 Å². The van der Waals surface area contributed by atoms with E-state index in [0.29, 0.717) is 28.7 Å². The van der Waals surface area contributed by atoms with E-state index in [9.17, 15) is 0 Å². The number of nitrogens with one attached hydrogen (secondary N) is 3. The van der Waals surface area contributed by atoms with Gasteiger partial charge in [0.05, 0.1) is 23.8 Å². The van der Waals surface area contributed by atoms with Gasteiger partial charge in [0.15, 0.2) is 5.82 Å². The molecule has 0 saturated carbocycles. The van der Waals surface area contributed by atoms with Crippen LogP contribution in [0.25, 0.3) is 11.4 Å². The fourth-order valence-corrected chi connectivity index (χ4v) is 4.80. The lowest BCUT2D eigenvalue weighted by atomic mass is 10.1. The Morgan fingerprint density at radius 3 is 2.63 bits per heavy atom. The molecule has 172 valence electrons. The number of H-pyrrole nitrogens is 3. The van der Waals surface area contributed by atoms with Crippen molar-refractivity contribution in [3.05, 3.63) is 83.9 Å². The summed E-state index contributed by atoms with van der Waals surface area (Å²) in [5.41, 5.74) is 1.04. The third-order valence-electron chi connectivity index (χ3n) is 5.52. The van der Waals surface area contributed by atoms with Gasteiger partial charge in [-0.25, -0.2) is 4.98 Å². The number of aromatic nitrogens is 11. The Morgan fingerprint density at radius 1 is 1.00 bits per heavy atom. The summed E-state index contributed by atoms with van der Waals surface area (Å²) in [5.74, 6) is 1.44. The van der Waals surface area contributed by atoms with Crippen LogP contribution in [0.4, 0.5) is 11.6 Å². The molecular weight excluding hydrogens is 474 g/mol. The predicted octanol–water partition coefficient (Wildman–Crippen LogP) is 1.83. The van der Waals surface area contributed by atoms with Gasteiger partial charge in [0.2, 0.25) is 5.82 Å². The topological polar surface area (TPSA) is 183 Å². The minimum atomic E-state index is -1.48. The van der Waals surface area contributed by atoms with Crippen LogP contribution in [0.1, 0.15) is 23.1 Å². The Labute approximate surface area is 198 Å². The van der Waals surface area contributed by atoms with Crippen LogP contribution in [0, 0.1) is 0 Å². The number of hydrogen-bond donors (Lipinski definition) is 3. The average Bonchev–Trinajstić information content (AvgIpc) is 3.71. The lowest BCUT2D eigenvalue weighted by Crippen LogP contribution is -2.54. The third-order valence-corrected chi connectivity index (χ3v) is 6.07. The van der Waals surface area contributed by atoms with Gasteiger partial charge < -0.3 is 13.9 Å². The maximum atomic E-state index is 5.95. The lowest BCUT2D eigenvalue weighted by Gasteiger charge is -2.39. The normalized spacial score (nSPS) is 18.2. The first-order chi connectivity index (χ1) is 17.4. The lowest BCUT2D eigenvalue weighted by molar-refractivity contribution is 0.363. The zero-order valence-corrected chi connectivity index (χ0v) is 18.3. The first-order valence-electron chi connectivity index (χ1n) is 10.2. The predicted molar refractivity (Wildman–Crippen MR) is 119 cm³/mol. The number of anilines is 2. The molecule has 6 aromatic rings.